The van der Waals surface area contributed by atoms with Crippen molar-refractivity contribution in [1.82, 2.24) is 5.32 Å². The standard InChI is InChI=1S/C17H19NO2.BrH/c19-16-7-6-13(9-17(16)20)15-11-18-10-14(15)8-12-4-2-1-3-5-12;/h1-7,9,14-15,18-20H,8,10-11H2;1H/t14-,15+;/m1./s1. The second-order valence-electron chi connectivity index (χ2n) is 5.46. The van der Waals surface area contributed by atoms with Crippen LogP contribution < -0.4 is 5.32 Å². The van der Waals surface area contributed by atoms with E-state index in [2.05, 4.69) is 29.6 Å². The van der Waals surface area contributed by atoms with Gasteiger partial charge in [-0.25, -0.2) is 0 Å². The fraction of sp³-hybridized carbons (Fsp3) is 0.294. The van der Waals surface area contributed by atoms with Gasteiger partial charge in [-0.3, -0.25) is 0 Å². The Bertz CT molecular complexity index is 589. The number of halogens is 1. The molecule has 0 amide bonds. The first-order chi connectivity index (χ1) is 9.74. The number of aromatic hydroxyl groups is 2. The molecule has 1 fully saturated rings. The molecule has 4 heteroatoms. The summed E-state index contributed by atoms with van der Waals surface area (Å²) in [4.78, 5) is 0. The van der Waals surface area contributed by atoms with Crippen molar-refractivity contribution in [3.8, 4) is 11.5 Å². The number of hydrogen-bond acceptors (Lipinski definition) is 3. The first-order valence-corrected chi connectivity index (χ1v) is 7.00. The minimum Gasteiger partial charge on any atom is -0.504 e. The van der Waals surface area contributed by atoms with Gasteiger partial charge >= 0.3 is 0 Å². The Kier molecular flexibility index (Phi) is 5.26. The van der Waals surface area contributed by atoms with Crippen LogP contribution in [0.3, 0.4) is 0 Å². The number of benzene rings is 2. The molecule has 0 aromatic heterocycles. The lowest BCUT2D eigenvalue weighted by atomic mass is 9.84. The van der Waals surface area contributed by atoms with Gasteiger partial charge in [-0.2, -0.15) is 0 Å². The van der Waals surface area contributed by atoms with Gasteiger partial charge in [-0.1, -0.05) is 36.4 Å². The molecule has 2 aromatic carbocycles. The Hall–Kier alpha value is -1.52. The topological polar surface area (TPSA) is 52.5 Å². The zero-order chi connectivity index (χ0) is 13.9. The van der Waals surface area contributed by atoms with Gasteiger partial charge in [0.2, 0.25) is 0 Å². The Morgan fingerprint density at radius 3 is 2.43 bits per heavy atom. The summed E-state index contributed by atoms with van der Waals surface area (Å²) in [6.45, 7) is 1.91. The molecule has 2 aromatic rings. The molecular formula is C17H20BrNO2. The van der Waals surface area contributed by atoms with Gasteiger partial charge in [-0.15, -0.1) is 17.0 Å². The molecule has 3 rings (SSSR count). The predicted molar refractivity (Wildman–Crippen MR) is 89.3 cm³/mol. The van der Waals surface area contributed by atoms with Crippen LogP contribution in [-0.2, 0) is 6.42 Å². The molecule has 112 valence electrons. The SMILES string of the molecule is Br.Oc1ccc([C@@H]2CNC[C@H]2Cc2ccccc2)cc1O. The van der Waals surface area contributed by atoms with Gasteiger partial charge in [-0.05, 0) is 42.1 Å². The molecule has 0 spiro atoms. The summed E-state index contributed by atoms with van der Waals surface area (Å²) in [5.41, 5.74) is 2.43. The number of hydrogen-bond donors (Lipinski definition) is 3. The van der Waals surface area contributed by atoms with E-state index in [4.69, 9.17) is 0 Å². The smallest absolute Gasteiger partial charge is 0.157 e. The third kappa shape index (κ3) is 3.57. The molecule has 21 heavy (non-hydrogen) atoms. The summed E-state index contributed by atoms with van der Waals surface area (Å²) in [5.74, 6) is 0.801. The van der Waals surface area contributed by atoms with E-state index < -0.39 is 0 Å². The van der Waals surface area contributed by atoms with Crippen LogP contribution in [0.1, 0.15) is 17.0 Å². The highest BCUT2D eigenvalue weighted by Crippen LogP contribution is 2.35. The van der Waals surface area contributed by atoms with Gasteiger partial charge in [0.1, 0.15) is 0 Å². The molecule has 1 aliphatic rings. The Balaban J connectivity index is 0.00000161. The first-order valence-electron chi connectivity index (χ1n) is 7.00. The van der Waals surface area contributed by atoms with Crippen LogP contribution in [0, 0.1) is 5.92 Å². The van der Waals surface area contributed by atoms with Crippen LogP contribution in [0.5, 0.6) is 11.5 Å². The number of rotatable bonds is 3. The maximum atomic E-state index is 9.67. The van der Waals surface area contributed by atoms with Crippen LogP contribution in [0.15, 0.2) is 48.5 Å². The second kappa shape index (κ2) is 6.96. The van der Waals surface area contributed by atoms with Crippen molar-refractivity contribution in [2.45, 2.75) is 12.3 Å². The summed E-state index contributed by atoms with van der Waals surface area (Å²) in [7, 11) is 0. The number of phenols is 2. The fourth-order valence-electron chi connectivity index (χ4n) is 3.03. The lowest BCUT2D eigenvalue weighted by Gasteiger charge is -2.19. The number of nitrogens with one attached hydrogen (secondary N) is 1. The summed E-state index contributed by atoms with van der Waals surface area (Å²) in [6, 6.07) is 15.6. The summed E-state index contributed by atoms with van der Waals surface area (Å²) in [6.07, 6.45) is 1.03. The van der Waals surface area contributed by atoms with Crippen LogP contribution >= 0.6 is 17.0 Å². The minimum absolute atomic E-state index is 0. The van der Waals surface area contributed by atoms with Gasteiger partial charge in [0, 0.05) is 12.5 Å². The molecule has 1 saturated heterocycles. The van der Waals surface area contributed by atoms with E-state index in [1.807, 2.05) is 12.1 Å². The van der Waals surface area contributed by atoms with Crippen molar-refractivity contribution < 1.29 is 10.2 Å². The second-order valence-corrected chi connectivity index (χ2v) is 5.46. The Labute approximate surface area is 135 Å². The van der Waals surface area contributed by atoms with Crippen LogP contribution in [-0.4, -0.2) is 23.3 Å². The van der Waals surface area contributed by atoms with E-state index in [9.17, 15) is 10.2 Å². The van der Waals surface area contributed by atoms with Crippen LogP contribution in [0.25, 0.3) is 0 Å². The average molecular weight is 350 g/mol. The highest BCUT2D eigenvalue weighted by Gasteiger charge is 2.28. The van der Waals surface area contributed by atoms with Crippen LogP contribution in [0.2, 0.25) is 0 Å². The largest absolute Gasteiger partial charge is 0.504 e. The Morgan fingerprint density at radius 1 is 0.952 bits per heavy atom. The maximum Gasteiger partial charge on any atom is 0.157 e. The monoisotopic (exact) mass is 349 g/mol. The van der Waals surface area contributed by atoms with E-state index in [0.29, 0.717) is 11.8 Å². The Morgan fingerprint density at radius 2 is 1.71 bits per heavy atom. The van der Waals surface area contributed by atoms with Gasteiger partial charge in [0.15, 0.2) is 11.5 Å². The van der Waals surface area contributed by atoms with E-state index in [1.54, 1.807) is 12.1 Å². The molecule has 0 saturated carbocycles. The first kappa shape index (κ1) is 15.9. The van der Waals surface area contributed by atoms with Crippen molar-refractivity contribution >= 4 is 17.0 Å². The highest BCUT2D eigenvalue weighted by atomic mass is 79.9. The quantitative estimate of drug-likeness (QED) is 0.745. The van der Waals surface area contributed by atoms with Gasteiger partial charge in [0.25, 0.3) is 0 Å². The van der Waals surface area contributed by atoms with Crippen molar-refractivity contribution in [3.63, 3.8) is 0 Å². The fourth-order valence-corrected chi connectivity index (χ4v) is 3.03. The molecule has 3 nitrogen and oxygen atoms in total. The van der Waals surface area contributed by atoms with E-state index in [0.717, 1.165) is 25.1 Å². The summed E-state index contributed by atoms with van der Waals surface area (Å²) >= 11 is 0. The minimum atomic E-state index is -0.0562. The molecule has 2 atom stereocenters. The van der Waals surface area contributed by atoms with Crippen LogP contribution in [0.4, 0.5) is 0 Å². The molecule has 0 unspecified atom stereocenters. The highest BCUT2D eigenvalue weighted by molar-refractivity contribution is 8.93. The van der Waals surface area contributed by atoms with Crippen molar-refractivity contribution in [2.24, 2.45) is 5.92 Å². The molecule has 1 heterocycles. The van der Waals surface area contributed by atoms with E-state index in [1.165, 1.54) is 5.56 Å². The molecular weight excluding hydrogens is 330 g/mol. The summed E-state index contributed by atoms with van der Waals surface area (Å²) < 4.78 is 0. The van der Waals surface area contributed by atoms with Crippen molar-refractivity contribution in [3.05, 3.63) is 59.7 Å². The average Bonchev–Trinajstić information content (AvgIpc) is 2.91. The molecule has 0 radical (unpaired) electrons. The zero-order valence-electron chi connectivity index (χ0n) is 11.7. The zero-order valence-corrected chi connectivity index (χ0v) is 13.4. The summed E-state index contributed by atoms with van der Waals surface area (Å²) in [5, 5.41) is 22.5. The normalized spacial score (nSPS) is 21.0. The molecule has 3 N–H and O–H groups in total. The van der Waals surface area contributed by atoms with Gasteiger partial charge < -0.3 is 15.5 Å². The van der Waals surface area contributed by atoms with E-state index >= 15 is 0 Å². The van der Waals surface area contributed by atoms with Crippen molar-refractivity contribution in [2.75, 3.05) is 13.1 Å². The lowest BCUT2D eigenvalue weighted by molar-refractivity contribution is 0.401. The molecule has 0 aliphatic carbocycles. The predicted octanol–water partition coefficient (Wildman–Crippen LogP) is 3.22. The van der Waals surface area contributed by atoms with Crippen molar-refractivity contribution in [1.29, 1.82) is 0 Å². The third-order valence-electron chi connectivity index (χ3n) is 4.11. The third-order valence-corrected chi connectivity index (χ3v) is 4.11. The molecule has 0 bridgehead atoms. The van der Waals surface area contributed by atoms with E-state index in [-0.39, 0.29) is 28.5 Å². The molecule has 1 aliphatic heterocycles. The van der Waals surface area contributed by atoms with Gasteiger partial charge in [0.05, 0.1) is 0 Å². The number of phenolic OH excluding ortho intramolecular Hbond substituents is 2. The lowest BCUT2D eigenvalue weighted by Crippen LogP contribution is -2.13. The maximum absolute atomic E-state index is 9.67.